The summed E-state index contributed by atoms with van der Waals surface area (Å²) >= 11 is 3.12. The van der Waals surface area contributed by atoms with Crippen LogP contribution in [0, 0.1) is 0 Å². The molecule has 0 radical (unpaired) electrons. The number of nitrogens with zero attached hydrogens (tertiary/aromatic N) is 3. The molecule has 5 nitrogen and oxygen atoms in total. The molecule has 1 aliphatic rings. The highest BCUT2D eigenvalue weighted by atomic mass is 32.1. The topological polar surface area (TPSA) is 48.5 Å². The molecule has 0 unspecified atom stereocenters. The lowest BCUT2D eigenvalue weighted by Gasteiger charge is -2.35. The number of anilines is 2. The van der Waals surface area contributed by atoms with E-state index < -0.39 is 0 Å². The molecule has 1 fully saturated rings. The van der Waals surface area contributed by atoms with E-state index in [1.165, 1.54) is 17.0 Å². The Kier molecular flexibility index (Phi) is 5.52. The normalized spacial score (nSPS) is 15.1. The fourth-order valence-electron chi connectivity index (χ4n) is 3.17. The number of benzene rings is 1. The van der Waals surface area contributed by atoms with Gasteiger partial charge in [0.2, 0.25) is 0 Å². The molecule has 1 aromatic carbocycles. The van der Waals surface area contributed by atoms with Crippen molar-refractivity contribution < 1.29 is 4.79 Å². The van der Waals surface area contributed by atoms with Gasteiger partial charge in [0.1, 0.15) is 10.7 Å². The van der Waals surface area contributed by atoms with Gasteiger partial charge in [-0.05, 0) is 42.3 Å². The van der Waals surface area contributed by atoms with E-state index in [0.717, 1.165) is 49.0 Å². The number of carbonyl (C=O) groups excluding carboxylic acids is 1. The second kappa shape index (κ2) is 8.21. The molecular formula is C20H22N4OS2. The third-order valence-electron chi connectivity index (χ3n) is 4.81. The van der Waals surface area contributed by atoms with Gasteiger partial charge in [-0.3, -0.25) is 4.79 Å². The van der Waals surface area contributed by atoms with E-state index in [2.05, 4.69) is 39.2 Å². The van der Waals surface area contributed by atoms with Gasteiger partial charge in [0, 0.05) is 53.9 Å². The van der Waals surface area contributed by atoms with Crippen LogP contribution < -0.4 is 10.2 Å². The Morgan fingerprint density at radius 2 is 1.89 bits per heavy atom. The molecule has 3 aromatic rings. The molecule has 27 heavy (non-hydrogen) atoms. The van der Waals surface area contributed by atoms with E-state index in [0.29, 0.717) is 5.69 Å². The Hall–Kier alpha value is -2.22. The maximum Gasteiger partial charge on any atom is 0.275 e. The molecule has 0 spiro atoms. The molecule has 1 N–H and O–H groups in total. The standard InChI is InChI=1S/C20H22N4OS2/c1-2-23-8-10-24(11-9-23)17-5-3-16(4-6-17)21-19(25)18-14-27-20(22-18)15-7-12-26-13-15/h3-7,12-14H,2,8-11H2,1H3,(H,21,25). The molecule has 0 bridgehead atoms. The first-order chi connectivity index (χ1) is 13.2. The quantitative estimate of drug-likeness (QED) is 0.697. The summed E-state index contributed by atoms with van der Waals surface area (Å²) in [7, 11) is 0. The number of nitrogens with one attached hydrogen (secondary N) is 1. The Morgan fingerprint density at radius 1 is 1.11 bits per heavy atom. The monoisotopic (exact) mass is 398 g/mol. The van der Waals surface area contributed by atoms with E-state index in [9.17, 15) is 4.79 Å². The Morgan fingerprint density at radius 3 is 2.56 bits per heavy atom. The van der Waals surface area contributed by atoms with Gasteiger partial charge in [-0.15, -0.1) is 11.3 Å². The first-order valence-electron chi connectivity index (χ1n) is 9.10. The fourth-order valence-corrected chi connectivity index (χ4v) is 4.68. The largest absolute Gasteiger partial charge is 0.369 e. The maximum atomic E-state index is 12.5. The molecule has 0 saturated carbocycles. The predicted octanol–water partition coefficient (Wildman–Crippen LogP) is 4.27. The Balaban J connectivity index is 1.38. The van der Waals surface area contributed by atoms with E-state index in [4.69, 9.17) is 0 Å². The molecular weight excluding hydrogens is 376 g/mol. The van der Waals surface area contributed by atoms with Gasteiger partial charge in [0.25, 0.3) is 5.91 Å². The van der Waals surface area contributed by atoms with Crippen molar-refractivity contribution in [1.29, 1.82) is 0 Å². The summed E-state index contributed by atoms with van der Waals surface area (Å²) in [4.78, 5) is 21.8. The highest BCUT2D eigenvalue weighted by Gasteiger charge is 2.16. The van der Waals surface area contributed by atoms with Gasteiger partial charge in [0.05, 0.1) is 0 Å². The van der Waals surface area contributed by atoms with Crippen molar-refractivity contribution in [3.63, 3.8) is 0 Å². The maximum absolute atomic E-state index is 12.5. The summed E-state index contributed by atoms with van der Waals surface area (Å²) in [6.07, 6.45) is 0. The van der Waals surface area contributed by atoms with Gasteiger partial charge in [0.15, 0.2) is 0 Å². The van der Waals surface area contributed by atoms with Crippen LogP contribution in [-0.2, 0) is 0 Å². The van der Waals surface area contributed by atoms with Crippen molar-refractivity contribution >= 4 is 40.0 Å². The van der Waals surface area contributed by atoms with Crippen LogP contribution in [0.3, 0.4) is 0 Å². The van der Waals surface area contributed by atoms with Crippen LogP contribution in [-0.4, -0.2) is 48.5 Å². The lowest BCUT2D eigenvalue weighted by Crippen LogP contribution is -2.46. The van der Waals surface area contributed by atoms with Crippen LogP contribution in [0.5, 0.6) is 0 Å². The van der Waals surface area contributed by atoms with Crippen molar-refractivity contribution in [2.24, 2.45) is 0 Å². The zero-order valence-corrected chi connectivity index (χ0v) is 16.9. The first kappa shape index (κ1) is 18.2. The minimum atomic E-state index is -0.169. The fraction of sp³-hybridized carbons (Fsp3) is 0.300. The summed E-state index contributed by atoms with van der Waals surface area (Å²) in [5.41, 5.74) is 3.52. The Labute approximate surface area is 167 Å². The van der Waals surface area contributed by atoms with Gasteiger partial charge >= 0.3 is 0 Å². The lowest BCUT2D eigenvalue weighted by molar-refractivity contribution is 0.102. The van der Waals surface area contributed by atoms with E-state index in [1.807, 2.05) is 34.3 Å². The molecule has 0 aliphatic carbocycles. The summed E-state index contributed by atoms with van der Waals surface area (Å²) in [6, 6.07) is 10.1. The average molecular weight is 399 g/mol. The molecule has 1 aliphatic heterocycles. The molecule has 1 amide bonds. The molecule has 7 heteroatoms. The molecule has 4 rings (SSSR count). The van der Waals surface area contributed by atoms with E-state index in [1.54, 1.807) is 11.3 Å². The van der Waals surface area contributed by atoms with Crippen LogP contribution in [0.4, 0.5) is 11.4 Å². The van der Waals surface area contributed by atoms with Gasteiger partial charge in [-0.25, -0.2) is 4.98 Å². The Bertz CT molecular complexity index is 881. The smallest absolute Gasteiger partial charge is 0.275 e. The van der Waals surface area contributed by atoms with Crippen molar-refractivity contribution in [2.75, 3.05) is 42.9 Å². The number of aromatic nitrogens is 1. The van der Waals surface area contributed by atoms with Crippen LogP contribution >= 0.6 is 22.7 Å². The number of piperazine rings is 1. The van der Waals surface area contributed by atoms with Crippen LogP contribution in [0.25, 0.3) is 10.6 Å². The zero-order chi connectivity index (χ0) is 18.6. The number of hydrogen-bond donors (Lipinski definition) is 1. The van der Waals surface area contributed by atoms with Gasteiger partial charge in [-0.1, -0.05) is 6.92 Å². The van der Waals surface area contributed by atoms with Crippen molar-refractivity contribution in [1.82, 2.24) is 9.88 Å². The zero-order valence-electron chi connectivity index (χ0n) is 15.2. The highest BCUT2D eigenvalue weighted by Crippen LogP contribution is 2.26. The number of thiazole rings is 1. The highest BCUT2D eigenvalue weighted by molar-refractivity contribution is 7.14. The first-order valence-corrected chi connectivity index (χ1v) is 10.9. The number of hydrogen-bond acceptors (Lipinski definition) is 6. The van der Waals surface area contributed by atoms with Crippen LogP contribution in [0.1, 0.15) is 17.4 Å². The molecule has 0 atom stereocenters. The van der Waals surface area contributed by atoms with Crippen molar-refractivity contribution in [2.45, 2.75) is 6.92 Å². The second-order valence-corrected chi connectivity index (χ2v) is 8.11. The molecule has 3 heterocycles. The van der Waals surface area contributed by atoms with Crippen LogP contribution in [0.2, 0.25) is 0 Å². The van der Waals surface area contributed by atoms with E-state index >= 15 is 0 Å². The number of rotatable bonds is 5. The van der Waals surface area contributed by atoms with Gasteiger partial charge in [-0.2, -0.15) is 11.3 Å². The number of carbonyl (C=O) groups is 1. The molecule has 1 saturated heterocycles. The third kappa shape index (κ3) is 4.21. The third-order valence-corrected chi connectivity index (χ3v) is 6.39. The van der Waals surface area contributed by atoms with Crippen molar-refractivity contribution in [3.8, 4) is 10.6 Å². The lowest BCUT2D eigenvalue weighted by atomic mass is 10.2. The summed E-state index contributed by atoms with van der Waals surface area (Å²) in [5.74, 6) is -0.169. The van der Waals surface area contributed by atoms with Crippen LogP contribution in [0.15, 0.2) is 46.5 Å². The summed E-state index contributed by atoms with van der Waals surface area (Å²) in [5, 5.41) is 9.69. The SMILES string of the molecule is CCN1CCN(c2ccc(NC(=O)c3csc(-c4ccsc4)n3)cc2)CC1. The number of thiophene rings is 1. The number of likely N-dealkylation sites (N-methyl/N-ethyl adjacent to an activating group) is 1. The predicted molar refractivity (Wildman–Crippen MR) is 114 cm³/mol. The summed E-state index contributed by atoms with van der Waals surface area (Å²) < 4.78 is 0. The minimum Gasteiger partial charge on any atom is -0.369 e. The van der Waals surface area contributed by atoms with E-state index in [-0.39, 0.29) is 5.91 Å². The minimum absolute atomic E-state index is 0.169. The average Bonchev–Trinajstić information content (AvgIpc) is 3.40. The summed E-state index contributed by atoms with van der Waals surface area (Å²) in [6.45, 7) is 7.62. The molecule has 2 aromatic heterocycles. The second-order valence-electron chi connectivity index (χ2n) is 6.47. The van der Waals surface area contributed by atoms with Gasteiger partial charge < -0.3 is 15.1 Å². The van der Waals surface area contributed by atoms with Crippen molar-refractivity contribution in [3.05, 3.63) is 52.2 Å². The number of amides is 1. The molecule has 140 valence electrons.